The largest absolute Gasteiger partial charge is 0.497 e. The number of methoxy groups -OCH3 is 1. The van der Waals surface area contributed by atoms with Crippen LogP contribution in [-0.4, -0.2) is 45.4 Å². The fourth-order valence-electron chi connectivity index (χ4n) is 3.93. The summed E-state index contributed by atoms with van der Waals surface area (Å²) < 4.78 is 38.6. The van der Waals surface area contributed by atoms with Crippen LogP contribution in [0.15, 0.2) is 47.4 Å². The van der Waals surface area contributed by atoms with Crippen molar-refractivity contribution in [2.24, 2.45) is 5.92 Å². The highest BCUT2D eigenvalue weighted by atomic mass is 32.2. The summed E-state index contributed by atoms with van der Waals surface area (Å²) in [5, 5.41) is 3.03. The zero-order chi connectivity index (χ0) is 23.3. The molecule has 8 heteroatoms. The molecule has 0 saturated carbocycles. The van der Waals surface area contributed by atoms with Crippen LogP contribution in [-0.2, 0) is 14.8 Å². The van der Waals surface area contributed by atoms with Crippen molar-refractivity contribution >= 4 is 15.9 Å². The molecule has 0 radical (unpaired) electrons. The summed E-state index contributed by atoms with van der Waals surface area (Å²) in [5.41, 5.74) is 1.73. The molecule has 1 saturated heterocycles. The van der Waals surface area contributed by atoms with Crippen LogP contribution < -0.4 is 14.8 Å². The molecule has 1 aliphatic heterocycles. The fraction of sp³-hybridized carbons (Fsp3) is 0.458. The number of piperidine rings is 1. The highest BCUT2D eigenvalue weighted by Crippen LogP contribution is 2.28. The molecule has 1 amide bonds. The molecule has 0 aliphatic carbocycles. The second-order valence-electron chi connectivity index (χ2n) is 8.07. The van der Waals surface area contributed by atoms with Gasteiger partial charge >= 0.3 is 0 Å². The number of carbonyl (C=O) groups is 1. The van der Waals surface area contributed by atoms with E-state index in [-0.39, 0.29) is 29.3 Å². The predicted octanol–water partition coefficient (Wildman–Crippen LogP) is 3.68. The van der Waals surface area contributed by atoms with Gasteiger partial charge in [0.25, 0.3) is 0 Å². The average molecular weight is 461 g/mol. The van der Waals surface area contributed by atoms with Gasteiger partial charge in [-0.3, -0.25) is 4.79 Å². The quantitative estimate of drug-likeness (QED) is 0.650. The first-order valence-electron chi connectivity index (χ1n) is 10.9. The molecule has 2 aromatic carbocycles. The third kappa shape index (κ3) is 5.42. The van der Waals surface area contributed by atoms with E-state index >= 15 is 0 Å². The van der Waals surface area contributed by atoms with Crippen molar-refractivity contribution in [1.82, 2.24) is 9.62 Å². The minimum atomic E-state index is -3.69. The lowest BCUT2D eigenvalue weighted by atomic mass is 9.98. The molecule has 2 atom stereocenters. The number of nitrogens with zero attached hydrogens (tertiary/aromatic N) is 1. The average Bonchev–Trinajstić information content (AvgIpc) is 2.80. The number of aryl methyl sites for hydroxylation is 1. The molecular formula is C24H32N2O5S. The van der Waals surface area contributed by atoms with Crippen molar-refractivity contribution in [3.8, 4) is 11.5 Å². The number of amides is 1. The van der Waals surface area contributed by atoms with Crippen LogP contribution in [0, 0.1) is 12.8 Å². The van der Waals surface area contributed by atoms with Gasteiger partial charge in [-0.2, -0.15) is 4.31 Å². The fourth-order valence-corrected chi connectivity index (χ4v) is 5.54. The van der Waals surface area contributed by atoms with Crippen molar-refractivity contribution in [1.29, 1.82) is 0 Å². The molecule has 1 fully saturated rings. The highest BCUT2D eigenvalue weighted by molar-refractivity contribution is 7.89. The number of benzene rings is 2. The van der Waals surface area contributed by atoms with Gasteiger partial charge in [-0.1, -0.05) is 12.1 Å². The molecule has 3 rings (SSSR count). The summed E-state index contributed by atoms with van der Waals surface area (Å²) in [4.78, 5) is 13.1. The number of rotatable bonds is 8. The van der Waals surface area contributed by atoms with Crippen molar-refractivity contribution in [2.45, 2.75) is 44.6 Å². The van der Waals surface area contributed by atoms with E-state index in [4.69, 9.17) is 9.47 Å². The number of ether oxygens (including phenoxy) is 2. The van der Waals surface area contributed by atoms with Crippen molar-refractivity contribution in [3.05, 3.63) is 53.6 Å². The molecule has 1 aliphatic rings. The Bertz CT molecular complexity index is 1040. The zero-order valence-electron chi connectivity index (χ0n) is 19.1. The summed E-state index contributed by atoms with van der Waals surface area (Å²) in [5.74, 6) is 0.916. The van der Waals surface area contributed by atoms with Crippen molar-refractivity contribution in [2.75, 3.05) is 26.8 Å². The third-order valence-electron chi connectivity index (χ3n) is 5.81. The Morgan fingerprint density at radius 2 is 1.94 bits per heavy atom. The van der Waals surface area contributed by atoms with E-state index in [9.17, 15) is 13.2 Å². The molecule has 2 aromatic rings. The van der Waals surface area contributed by atoms with E-state index in [0.717, 1.165) is 16.9 Å². The molecule has 7 nitrogen and oxygen atoms in total. The first kappa shape index (κ1) is 24.1. The molecule has 0 aromatic heterocycles. The van der Waals surface area contributed by atoms with Crippen LogP contribution in [0.2, 0.25) is 0 Å². The number of nitrogens with one attached hydrogen (secondary N) is 1. The van der Waals surface area contributed by atoms with Gasteiger partial charge in [0.05, 0.1) is 30.6 Å². The van der Waals surface area contributed by atoms with E-state index in [1.54, 1.807) is 25.3 Å². The van der Waals surface area contributed by atoms with Crippen LogP contribution in [0.1, 0.15) is 43.9 Å². The van der Waals surface area contributed by atoms with E-state index < -0.39 is 10.0 Å². The monoisotopic (exact) mass is 460 g/mol. The van der Waals surface area contributed by atoms with Crippen LogP contribution in [0.5, 0.6) is 11.5 Å². The Balaban J connectivity index is 1.68. The topological polar surface area (TPSA) is 84.9 Å². The van der Waals surface area contributed by atoms with Gasteiger partial charge in [0.2, 0.25) is 15.9 Å². The van der Waals surface area contributed by atoms with Crippen LogP contribution >= 0.6 is 0 Å². The van der Waals surface area contributed by atoms with E-state index in [1.807, 2.05) is 45.0 Å². The molecule has 0 spiro atoms. The van der Waals surface area contributed by atoms with Crippen LogP contribution in [0.25, 0.3) is 0 Å². The Kier molecular flexibility index (Phi) is 7.79. The molecule has 32 heavy (non-hydrogen) atoms. The molecule has 0 unspecified atom stereocenters. The summed E-state index contributed by atoms with van der Waals surface area (Å²) >= 11 is 0. The summed E-state index contributed by atoms with van der Waals surface area (Å²) in [7, 11) is -2.08. The number of carbonyl (C=O) groups excluding carboxylic acids is 1. The van der Waals surface area contributed by atoms with E-state index in [1.165, 1.54) is 4.31 Å². The minimum absolute atomic E-state index is 0.129. The number of sulfonamides is 1. The standard InChI is InChI=1S/C24H32N2O5S/c1-5-31-23-13-12-22(15-17(23)2)32(28,29)26-14-6-7-20(16-26)24(27)25-18(3)19-8-10-21(30-4)11-9-19/h8-13,15,18,20H,5-7,14,16H2,1-4H3,(H,25,27)/t18-,20-/m1/s1. The van der Waals surface area contributed by atoms with Gasteiger partial charge in [-0.25, -0.2) is 8.42 Å². The van der Waals surface area contributed by atoms with Crippen LogP contribution in [0.3, 0.4) is 0 Å². The zero-order valence-corrected chi connectivity index (χ0v) is 19.9. The molecular weight excluding hydrogens is 428 g/mol. The van der Waals surface area contributed by atoms with E-state index in [0.29, 0.717) is 31.7 Å². The maximum atomic E-state index is 13.2. The van der Waals surface area contributed by atoms with Gasteiger partial charge in [0.1, 0.15) is 11.5 Å². The second kappa shape index (κ2) is 10.4. The Hall–Kier alpha value is -2.58. The first-order chi connectivity index (χ1) is 15.3. The first-order valence-corrected chi connectivity index (χ1v) is 12.4. The van der Waals surface area contributed by atoms with Gasteiger partial charge in [-0.15, -0.1) is 0 Å². The normalized spacial score (nSPS) is 18.1. The second-order valence-corrected chi connectivity index (χ2v) is 10.0. The SMILES string of the molecule is CCOc1ccc(S(=O)(=O)N2CCC[C@@H](C(=O)N[C@H](C)c3ccc(OC)cc3)C2)cc1C. The van der Waals surface area contributed by atoms with Gasteiger partial charge < -0.3 is 14.8 Å². The van der Waals surface area contributed by atoms with Crippen LogP contribution in [0.4, 0.5) is 0 Å². The lowest BCUT2D eigenvalue weighted by Gasteiger charge is -2.32. The maximum absolute atomic E-state index is 13.2. The van der Waals surface area contributed by atoms with Crippen molar-refractivity contribution in [3.63, 3.8) is 0 Å². The smallest absolute Gasteiger partial charge is 0.243 e. The third-order valence-corrected chi connectivity index (χ3v) is 7.67. The Morgan fingerprint density at radius 1 is 1.22 bits per heavy atom. The molecule has 1 heterocycles. The van der Waals surface area contributed by atoms with Gasteiger partial charge in [0.15, 0.2) is 0 Å². The minimum Gasteiger partial charge on any atom is -0.497 e. The highest BCUT2D eigenvalue weighted by Gasteiger charge is 2.34. The summed E-state index contributed by atoms with van der Waals surface area (Å²) in [6.45, 7) is 6.74. The van der Waals surface area contributed by atoms with Gasteiger partial charge in [0, 0.05) is 13.1 Å². The summed E-state index contributed by atoms with van der Waals surface area (Å²) in [6.07, 6.45) is 1.31. The molecule has 1 N–H and O–H groups in total. The Labute approximate surface area is 190 Å². The molecule has 0 bridgehead atoms. The lowest BCUT2D eigenvalue weighted by Crippen LogP contribution is -2.45. The summed E-state index contributed by atoms with van der Waals surface area (Å²) in [6, 6.07) is 12.2. The number of hydrogen-bond donors (Lipinski definition) is 1. The molecule has 174 valence electrons. The predicted molar refractivity (Wildman–Crippen MR) is 123 cm³/mol. The van der Waals surface area contributed by atoms with Crippen molar-refractivity contribution < 1.29 is 22.7 Å². The van der Waals surface area contributed by atoms with Gasteiger partial charge in [-0.05, 0) is 75.1 Å². The maximum Gasteiger partial charge on any atom is 0.243 e. The lowest BCUT2D eigenvalue weighted by molar-refractivity contribution is -0.126. The van der Waals surface area contributed by atoms with E-state index in [2.05, 4.69) is 5.32 Å². The Morgan fingerprint density at radius 3 is 2.56 bits per heavy atom. The number of hydrogen-bond acceptors (Lipinski definition) is 5.